The Kier molecular flexibility index (Phi) is 3.50. The van der Waals surface area contributed by atoms with Crippen LogP contribution in [-0.2, 0) is 19.4 Å². The first-order valence-electron chi connectivity index (χ1n) is 6.89. The zero-order chi connectivity index (χ0) is 13.9. The molecule has 1 N–H and O–H groups in total. The summed E-state index contributed by atoms with van der Waals surface area (Å²) in [6.07, 6.45) is 4.54. The van der Waals surface area contributed by atoms with Gasteiger partial charge in [0.1, 0.15) is 5.76 Å². The third kappa shape index (κ3) is 2.57. The van der Waals surface area contributed by atoms with Gasteiger partial charge in [-0.2, -0.15) is 0 Å². The molecule has 0 saturated heterocycles. The standard InChI is InChI=1S/C15H17N3O2/c1-10-5-6-13-12(8-10)14(18-20-13)15(19)17-9-11-4-2-3-7-16-11/h2-4,7,10H,5-6,8-9H2,1H3,(H,17,19)/t10-/m1/s1. The average molecular weight is 271 g/mol. The zero-order valence-corrected chi connectivity index (χ0v) is 11.4. The number of carbonyl (C=O) groups excluding carboxylic acids is 1. The molecule has 0 aromatic carbocycles. The molecule has 5 heteroatoms. The van der Waals surface area contributed by atoms with Gasteiger partial charge in [-0.25, -0.2) is 0 Å². The van der Waals surface area contributed by atoms with E-state index >= 15 is 0 Å². The van der Waals surface area contributed by atoms with E-state index in [1.807, 2.05) is 18.2 Å². The minimum atomic E-state index is -0.185. The predicted molar refractivity (Wildman–Crippen MR) is 73.1 cm³/mol. The maximum atomic E-state index is 12.2. The number of rotatable bonds is 3. The van der Waals surface area contributed by atoms with Crippen LogP contribution in [0.4, 0.5) is 0 Å². The summed E-state index contributed by atoms with van der Waals surface area (Å²) in [7, 11) is 0. The van der Waals surface area contributed by atoms with Crippen LogP contribution in [-0.4, -0.2) is 16.0 Å². The maximum Gasteiger partial charge on any atom is 0.274 e. The molecule has 104 valence electrons. The molecule has 2 aromatic heterocycles. The molecular formula is C15H17N3O2. The molecule has 2 heterocycles. The number of nitrogens with zero attached hydrogens (tertiary/aromatic N) is 2. The van der Waals surface area contributed by atoms with Crippen LogP contribution in [0.25, 0.3) is 0 Å². The lowest BCUT2D eigenvalue weighted by Gasteiger charge is -2.16. The van der Waals surface area contributed by atoms with Crippen LogP contribution in [0.1, 0.15) is 40.9 Å². The molecule has 0 bridgehead atoms. The number of nitrogens with one attached hydrogen (secondary N) is 1. The lowest BCUT2D eigenvalue weighted by Crippen LogP contribution is -2.25. The summed E-state index contributed by atoms with van der Waals surface area (Å²) in [5.41, 5.74) is 2.23. The number of fused-ring (bicyclic) bond motifs is 1. The van der Waals surface area contributed by atoms with Gasteiger partial charge < -0.3 is 9.84 Å². The number of hydrogen-bond donors (Lipinski definition) is 1. The summed E-state index contributed by atoms with van der Waals surface area (Å²) in [4.78, 5) is 16.4. The molecule has 1 aliphatic rings. The molecule has 0 radical (unpaired) electrons. The molecule has 0 spiro atoms. The normalized spacial score (nSPS) is 17.6. The van der Waals surface area contributed by atoms with E-state index < -0.39 is 0 Å². The van der Waals surface area contributed by atoms with E-state index in [-0.39, 0.29) is 5.91 Å². The quantitative estimate of drug-likeness (QED) is 0.928. The predicted octanol–water partition coefficient (Wildman–Crippen LogP) is 2.12. The van der Waals surface area contributed by atoms with Crippen molar-refractivity contribution in [3.8, 4) is 0 Å². The van der Waals surface area contributed by atoms with Crippen molar-refractivity contribution >= 4 is 5.91 Å². The first kappa shape index (κ1) is 12.8. The lowest BCUT2D eigenvalue weighted by atomic mass is 9.88. The van der Waals surface area contributed by atoms with Gasteiger partial charge in [-0.3, -0.25) is 9.78 Å². The Bertz CT molecular complexity index is 607. The zero-order valence-electron chi connectivity index (χ0n) is 11.4. The van der Waals surface area contributed by atoms with Gasteiger partial charge >= 0.3 is 0 Å². The van der Waals surface area contributed by atoms with E-state index in [1.54, 1.807) is 6.20 Å². The van der Waals surface area contributed by atoms with Gasteiger partial charge in [0.25, 0.3) is 5.91 Å². The molecule has 2 aromatic rings. The minimum Gasteiger partial charge on any atom is -0.360 e. The number of pyridine rings is 1. The SMILES string of the molecule is C[C@@H]1CCc2onc(C(=O)NCc3ccccn3)c2C1. The van der Waals surface area contributed by atoms with Crippen molar-refractivity contribution in [2.24, 2.45) is 5.92 Å². The summed E-state index contributed by atoms with van der Waals surface area (Å²) in [5, 5.41) is 6.78. The van der Waals surface area contributed by atoms with Crippen molar-refractivity contribution in [2.45, 2.75) is 32.7 Å². The molecule has 1 atom stereocenters. The van der Waals surface area contributed by atoms with E-state index in [2.05, 4.69) is 22.4 Å². The van der Waals surface area contributed by atoms with Crippen LogP contribution >= 0.6 is 0 Å². The molecule has 3 rings (SSSR count). The first-order valence-corrected chi connectivity index (χ1v) is 6.89. The van der Waals surface area contributed by atoms with Crippen molar-refractivity contribution in [2.75, 3.05) is 0 Å². The van der Waals surface area contributed by atoms with Gasteiger partial charge in [0, 0.05) is 18.2 Å². The Hall–Kier alpha value is -2.17. The Morgan fingerprint density at radius 2 is 2.40 bits per heavy atom. The number of aryl methyl sites for hydroxylation is 1. The fraction of sp³-hybridized carbons (Fsp3) is 0.400. The average Bonchev–Trinajstić information content (AvgIpc) is 2.89. The van der Waals surface area contributed by atoms with Crippen LogP contribution in [0, 0.1) is 5.92 Å². The third-order valence-corrected chi connectivity index (χ3v) is 3.66. The van der Waals surface area contributed by atoms with Crippen molar-refractivity contribution < 1.29 is 9.32 Å². The number of hydrogen-bond acceptors (Lipinski definition) is 4. The molecular weight excluding hydrogens is 254 g/mol. The minimum absolute atomic E-state index is 0.185. The largest absolute Gasteiger partial charge is 0.360 e. The number of carbonyl (C=O) groups is 1. The van der Waals surface area contributed by atoms with Crippen LogP contribution < -0.4 is 5.32 Å². The summed E-state index contributed by atoms with van der Waals surface area (Å²) < 4.78 is 5.28. The van der Waals surface area contributed by atoms with E-state index in [4.69, 9.17) is 4.52 Å². The summed E-state index contributed by atoms with van der Waals surface area (Å²) in [5.74, 6) is 1.25. The summed E-state index contributed by atoms with van der Waals surface area (Å²) >= 11 is 0. The second-order valence-electron chi connectivity index (χ2n) is 5.28. The van der Waals surface area contributed by atoms with Crippen LogP contribution in [0.2, 0.25) is 0 Å². The van der Waals surface area contributed by atoms with E-state index in [0.29, 0.717) is 18.2 Å². The van der Waals surface area contributed by atoms with Crippen LogP contribution in [0.3, 0.4) is 0 Å². The van der Waals surface area contributed by atoms with E-state index in [1.165, 1.54) is 0 Å². The molecule has 5 nitrogen and oxygen atoms in total. The van der Waals surface area contributed by atoms with Crippen molar-refractivity contribution in [1.82, 2.24) is 15.5 Å². The number of amides is 1. The number of aromatic nitrogens is 2. The summed E-state index contributed by atoms with van der Waals surface area (Å²) in [6.45, 7) is 2.59. The topological polar surface area (TPSA) is 68.0 Å². The Labute approximate surface area is 117 Å². The summed E-state index contributed by atoms with van der Waals surface area (Å²) in [6, 6.07) is 5.62. The Balaban J connectivity index is 1.70. The van der Waals surface area contributed by atoms with Crippen molar-refractivity contribution in [1.29, 1.82) is 0 Å². The molecule has 0 fully saturated rings. The van der Waals surface area contributed by atoms with Gasteiger partial charge in [0.2, 0.25) is 0 Å². The van der Waals surface area contributed by atoms with Crippen LogP contribution in [0.5, 0.6) is 0 Å². The van der Waals surface area contributed by atoms with Crippen molar-refractivity contribution in [3.05, 3.63) is 47.1 Å². The fourth-order valence-electron chi connectivity index (χ4n) is 2.51. The fourth-order valence-corrected chi connectivity index (χ4v) is 2.51. The second kappa shape index (κ2) is 5.45. The molecule has 0 unspecified atom stereocenters. The highest BCUT2D eigenvalue weighted by molar-refractivity contribution is 5.93. The molecule has 0 aliphatic heterocycles. The smallest absolute Gasteiger partial charge is 0.274 e. The Morgan fingerprint density at radius 3 is 3.20 bits per heavy atom. The monoisotopic (exact) mass is 271 g/mol. The third-order valence-electron chi connectivity index (χ3n) is 3.66. The molecule has 0 saturated carbocycles. The molecule has 1 aliphatic carbocycles. The van der Waals surface area contributed by atoms with E-state index in [0.717, 1.165) is 36.3 Å². The Morgan fingerprint density at radius 1 is 1.50 bits per heavy atom. The first-order chi connectivity index (χ1) is 9.74. The molecule has 20 heavy (non-hydrogen) atoms. The lowest BCUT2D eigenvalue weighted by molar-refractivity contribution is 0.0940. The highest BCUT2D eigenvalue weighted by atomic mass is 16.5. The van der Waals surface area contributed by atoms with Crippen molar-refractivity contribution in [3.63, 3.8) is 0 Å². The van der Waals surface area contributed by atoms with Gasteiger partial charge in [-0.15, -0.1) is 0 Å². The van der Waals surface area contributed by atoms with E-state index in [9.17, 15) is 4.79 Å². The maximum absolute atomic E-state index is 12.2. The van der Waals surface area contributed by atoms with Gasteiger partial charge in [-0.05, 0) is 30.9 Å². The van der Waals surface area contributed by atoms with Gasteiger partial charge in [0.05, 0.1) is 12.2 Å². The van der Waals surface area contributed by atoms with Gasteiger partial charge in [0.15, 0.2) is 5.69 Å². The van der Waals surface area contributed by atoms with Crippen LogP contribution in [0.15, 0.2) is 28.9 Å². The highest BCUT2D eigenvalue weighted by Gasteiger charge is 2.26. The molecule has 1 amide bonds. The second-order valence-corrected chi connectivity index (χ2v) is 5.28. The van der Waals surface area contributed by atoms with Gasteiger partial charge in [-0.1, -0.05) is 18.1 Å². The highest BCUT2D eigenvalue weighted by Crippen LogP contribution is 2.27.